The largest absolute Gasteiger partial charge is 0.270 e. The van der Waals surface area contributed by atoms with Gasteiger partial charge in [0, 0.05) is 17.0 Å². The van der Waals surface area contributed by atoms with E-state index in [0.29, 0.717) is 11.1 Å². The van der Waals surface area contributed by atoms with E-state index in [0.717, 1.165) is 4.88 Å². The average molecular weight is 256 g/mol. The van der Waals surface area contributed by atoms with E-state index in [9.17, 15) is 10.1 Å². The molecule has 0 fully saturated rings. The molecule has 88 valence electrons. The van der Waals surface area contributed by atoms with E-state index in [1.807, 2.05) is 17.5 Å². The molecule has 0 aliphatic heterocycles. The molecule has 2 aromatic rings. The Balaban J connectivity index is 2.40. The van der Waals surface area contributed by atoms with Gasteiger partial charge in [0.2, 0.25) is 0 Å². The Morgan fingerprint density at radius 3 is 2.83 bits per heavy atom. The molecule has 1 aromatic carbocycles. The summed E-state index contributed by atoms with van der Waals surface area (Å²) in [7, 11) is 0. The zero-order valence-electron chi connectivity index (χ0n) is 9.24. The summed E-state index contributed by atoms with van der Waals surface area (Å²) in [4.78, 5) is 11.1. The number of non-ortho nitro benzene ring substituents is 1. The quantitative estimate of drug-likeness (QED) is 0.477. The Bertz CT molecular complexity index is 639. The summed E-state index contributed by atoms with van der Waals surface area (Å²) >= 11 is 1.46. The summed E-state index contributed by atoms with van der Waals surface area (Å²) in [5.41, 5.74) is 1.17. The molecule has 0 saturated heterocycles. The van der Waals surface area contributed by atoms with E-state index in [4.69, 9.17) is 5.26 Å². The molecule has 0 radical (unpaired) electrons. The van der Waals surface area contributed by atoms with Crippen molar-refractivity contribution in [2.24, 2.45) is 0 Å². The zero-order valence-corrected chi connectivity index (χ0v) is 10.1. The smallest absolute Gasteiger partial charge is 0.258 e. The molecule has 0 saturated carbocycles. The standard InChI is InChI=1S/C13H8N2O2S/c14-9-11(13-5-2-6-18-13)7-10-3-1-4-12(8-10)15(16)17/h1-8H/b11-7+. The molecule has 0 aliphatic carbocycles. The van der Waals surface area contributed by atoms with Crippen LogP contribution in [0.25, 0.3) is 11.6 Å². The molecule has 4 nitrogen and oxygen atoms in total. The number of hydrogen-bond acceptors (Lipinski definition) is 4. The summed E-state index contributed by atoms with van der Waals surface area (Å²) in [6.45, 7) is 0. The Labute approximate surface area is 108 Å². The minimum absolute atomic E-state index is 0.0206. The SMILES string of the molecule is N#C/C(=C\c1cccc([N+](=O)[O-])c1)c1cccs1. The first-order valence-electron chi connectivity index (χ1n) is 5.11. The molecule has 0 aliphatic rings. The van der Waals surface area contributed by atoms with Crippen LogP contribution in [0.4, 0.5) is 5.69 Å². The lowest BCUT2D eigenvalue weighted by Gasteiger charge is -1.96. The van der Waals surface area contributed by atoms with Gasteiger partial charge in [-0.2, -0.15) is 5.26 Å². The molecule has 0 amide bonds. The van der Waals surface area contributed by atoms with Gasteiger partial charge in [0.25, 0.3) is 5.69 Å². The molecule has 0 atom stereocenters. The van der Waals surface area contributed by atoms with E-state index in [1.54, 1.807) is 18.2 Å². The van der Waals surface area contributed by atoms with Crippen LogP contribution >= 0.6 is 11.3 Å². The van der Waals surface area contributed by atoms with Gasteiger partial charge in [0.05, 0.1) is 10.5 Å². The Hall–Kier alpha value is -2.45. The molecule has 18 heavy (non-hydrogen) atoms. The van der Waals surface area contributed by atoms with Crippen molar-refractivity contribution >= 4 is 28.7 Å². The average Bonchev–Trinajstić information content (AvgIpc) is 2.90. The molecule has 1 aromatic heterocycles. The van der Waals surface area contributed by atoms with Crippen molar-refractivity contribution in [3.63, 3.8) is 0 Å². The number of nitrogens with zero attached hydrogens (tertiary/aromatic N) is 2. The molecule has 2 rings (SSSR count). The second-order valence-corrected chi connectivity index (χ2v) is 4.45. The van der Waals surface area contributed by atoms with Gasteiger partial charge in [0.15, 0.2) is 0 Å². The van der Waals surface area contributed by atoms with Gasteiger partial charge in [-0.3, -0.25) is 10.1 Å². The van der Waals surface area contributed by atoms with Crippen LogP contribution in [0.1, 0.15) is 10.4 Å². The van der Waals surface area contributed by atoms with Gasteiger partial charge in [-0.1, -0.05) is 18.2 Å². The predicted molar refractivity (Wildman–Crippen MR) is 70.9 cm³/mol. The van der Waals surface area contributed by atoms with Crippen molar-refractivity contribution in [3.05, 3.63) is 62.3 Å². The second kappa shape index (κ2) is 5.25. The van der Waals surface area contributed by atoms with Crippen LogP contribution < -0.4 is 0 Å². The fraction of sp³-hybridized carbons (Fsp3) is 0. The highest BCUT2D eigenvalue weighted by Gasteiger charge is 2.06. The maximum Gasteiger partial charge on any atom is 0.270 e. The van der Waals surface area contributed by atoms with Crippen molar-refractivity contribution in [2.75, 3.05) is 0 Å². The van der Waals surface area contributed by atoms with E-state index in [2.05, 4.69) is 6.07 Å². The highest BCUT2D eigenvalue weighted by Crippen LogP contribution is 2.23. The molecule has 1 heterocycles. The minimum Gasteiger partial charge on any atom is -0.258 e. The lowest BCUT2D eigenvalue weighted by molar-refractivity contribution is -0.384. The summed E-state index contributed by atoms with van der Waals surface area (Å²) in [6, 6.07) is 12.0. The van der Waals surface area contributed by atoms with Gasteiger partial charge in [-0.05, 0) is 23.1 Å². The minimum atomic E-state index is -0.450. The highest BCUT2D eigenvalue weighted by molar-refractivity contribution is 7.11. The topological polar surface area (TPSA) is 66.9 Å². The maximum atomic E-state index is 10.7. The Kier molecular flexibility index (Phi) is 3.51. The van der Waals surface area contributed by atoms with Crippen LogP contribution in [0.5, 0.6) is 0 Å². The maximum absolute atomic E-state index is 10.7. The Morgan fingerprint density at radius 1 is 1.39 bits per heavy atom. The Morgan fingerprint density at radius 2 is 2.22 bits per heavy atom. The first-order valence-corrected chi connectivity index (χ1v) is 5.99. The fourth-order valence-corrected chi connectivity index (χ4v) is 2.18. The normalized spacial score (nSPS) is 10.9. The van der Waals surface area contributed by atoms with Crippen molar-refractivity contribution in [3.8, 4) is 6.07 Å². The number of thiophene rings is 1. The van der Waals surface area contributed by atoms with E-state index in [1.165, 1.54) is 23.5 Å². The second-order valence-electron chi connectivity index (χ2n) is 3.50. The number of nitro benzene ring substituents is 1. The number of benzene rings is 1. The van der Waals surface area contributed by atoms with Crippen molar-refractivity contribution in [1.29, 1.82) is 5.26 Å². The van der Waals surface area contributed by atoms with Crippen LogP contribution in [-0.2, 0) is 0 Å². The molecular formula is C13H8N2O2S. The van der Waals surface area contributed by atoms with Crippen molar-refractivity contribution in [1.82, 2.24) is 0 Å². The molecule has 5 heteroatoms. The highest BCUT2D eigenvalue weighted by atomic mass is 32.1. The third-order valence-electron chi connectivity index (χ3n) is 2.30. The summed E-state index contributed by atoms with van der Waals surface area (Å²) < 4.78 is 0. The van der Waals surface area contributed by atoms with Crippen LogP contribution in [0.2, 0.25) is 0 Å². The van der Waals surface area contributed by atoms with Gasteiger partial charge in [-0.25, -0.2) is 0 Å². The molecule has 0 N–H and O–H groups in total. The summed E-state index contributed by atoms with van der Waals surface area (Å²) in [5.74, 6) is 0. The first kappa shape index (κ1) is 12.0. The molecule has 0 unspecified atom stereocenters. The van der Waals surface area contributed by atoms with Crippen LogP contribution in [0.15, 0.2) is 41.8 Å². The van der Waals surface area contributed by atoms with E-state index in [-0.39, 0.29) is 5.69 Å². The third-order valence-corrected chi connectivity index (χ3v) is 3.20. The molecule has 0 bridgehead atoms. The van der Waals surface area contributed by atoms with E-state index >= 15 is 0 Å². The van der Waals surface area contributed by atoms with Gasteiger partial charge >= 0.3 is 0 Å². The molecule has 0 spiro atoms. The van der Waals surface area contributed by atoms with Crippen LogP contribution in [-0.4, -0.2) is 4.92 Å². The number of rotatable bonds is 3. The monoisotopic (exact) mass is 256 g/mol. The predicted octanol–water partition coefficient (Wildman–Crippen LogP) is 3.72. The number of allylic oxidation sites excluding steroid dienone is 1. The first-order chi connectivity index (χ1) is 8.70. The van der Waals surface area contributed by atoms with Crippen molar-refractivity contribution < 1.29 is 4.92 Å². The summed E-state index contributed by atoms with van der Waals surface area (Å²) in [6.07, 6.45) is 1.65. The molecular weight excluding hydrogens is 248 g/mol. The zero-order chi connectivity index (χ0) is 13.0. The van der Waals surface area contributed by atoms with Crippen molar-refractivity contribution in [2.45, 2.75) is 0 Å². The van der Waals surface area contributed by atoms with Crippen LogP contribution in [0.3, 0.4) is 0 Å². The van der Waals surface area contributed by atoms with Gasteiger partial charge in [-0.15, -0.1) is 11.3 Å². The van der Waals surface area contributed by atoms with Gasteiger partial charge < -0.3 is 0 Å². The van der Waals surface area contributed by atoms with Crippen LogP contribution in [0, 0.1) is 21.4 Å². The number of nitriles is 1. The van der Waals surface area contributed by atoms with E-state index < -0.39 is 4.92 Å². The number of nitro groups is 1. The van der Waals surface area contributed by atoms with Gasteiger partial charge in [0.1, 0.15) is 6.07 Å². The fourth-order valence-electron chi connectivity index (χ4n) is 1.49. The number of hydrogen-bond donors (Lipinski definition) is 0. The lowest BCUT2D eigenvalue weighted by Crippen LogP contribution is -1.87. The summed E-state index contributed by atoms with van der Waals surface area (Å²) in [5, 5.41) is 21.6. The third kappa shape index (κ3) is 2.62. The lowest BCUT2D eigenvalue weighted by atomic mass is 10.1.